The standard InChI is InChI=1S/C24H20N4O2S2/c1-14(2)21(29)25-17-10-8-16(9-11-17)19-13-32-24-26-22-20(23(30)28(24)27-19)18(12-31-22)15-6-4-3-5-7-15/h3-12,14H,13H2,1-2H3,(H,25,29). The van der Waals surface area contributed by atoms with Crippen molar-refractivity contribution in [3.8, 4) is 11.1 Å². The first-order chi connectivity index (χ1) is 15.5. The predicted molar refractivity (Wildman–Crippen MR) is 132 cm³/mol. The third-order valence-electron chi connectivity index (χ3n) is 5.21. The fourth-order valence-corrected chi connectivity index (χ4v) is 5.32. The Hall–Kier alpha value is -3.23. The molecule has 3 heterocycles. The van der Waals surface area contributed by atoms with Crippen LogP contribution in [0.5, 0.6) is 0 Å². The summed E-state index contributed by atoms with van der Waals surface area (Å²) >= 11 is 2.98. The number of anilines is 1. The van der Waals surface area contributed by atoms with Crippen molar-refractivity contribution in [1.29, 1.82) is 0 Å². The number of aromatic nitrogens is 2. The van der Waals surface area contributed by atoms with Gasteiger partial charge in [0.2, 0.25) is 5.91 Å². The Labute approximate surface area is 193 Å². The predicted octanol–water partition coefficient (Wildman–Crippen LogP) is 5.08. The van der Waals surface area contributed by atoms with Gasteiger partial charge < -0.3 is 5.32 Å². The summed E-state index contributed by atoms with van der Waals surface area (Å²) in [5, 5.41) is 10.7. The van der Waals surface area contributed by atoms with Gasteiger partial charge in [-0.25, -0.2) is 4.98 Å². The second kappa shape index (κ2) is 8.37. The van der Waals surface area contributed by atoms with Gasteiger partial charge in [-0.1, -0.05) is 68.1 Å². The van der Waals surface area contributed by atoms with Gasteiger partial charge in [0.05, 0.1) is 11.1 Å². The minimum absolute atomic E-state index is 0.0242. The topological polar surface area (TPSA) is 76.3 Å². The number of thiophene rings is 1. The van der Waals surface area contributed by atoms with E-state index in [9.17, 15) is 9.59 Å². The number of benzene rings is 2. The highest BCUT2D eigenvalue weighted by molar-refractivity contribution is 7.99. The summed E-state index contributed by atoms with van der Waals surface area (Å²) in [6.45, 7) is 3.71. The molecule has 2 aromatic heterocycles. The lowest BCUT2D eigenvalue weighted by molar-refractivity contribution is -0.118. The number of rotatable bonds is 4. The number of nitrogens with zero attached hydrogens (tertiary/aromatic N) is 3. The van der Waals surface area contributed by atoms with Gasteiger partial charge in [-0.15, -0.1) is 11.3 Å². The van der Waals surface area contributed by atoms with Crippen LogP contribution in [0.2, 0.25) is 0 Å². The van der Waals surface area contributed by atoms with E-state index in [1.54, 1.807) is 0 Å². The molecule has 0 saturated carbocycles. The molecule has 0 aliphatic carbocycles. The van der Waals surface area contributed by atoms with E-state index in [4.69, 9.17) is 4.98 Å². The summed E-state index contributed by atoms with van der Waals surface area (Å²) in [4.78, 5) is 30.7. The maximum atomic E-state index is 13.4. The molecule has 0 unspecified atom stereocenters. The zero-order chi connectivity index (χ0) is 22.2. The van der Waals surface area contributed by atoms with Crippen molar-refractivity contribution in [2.24, 2.45) is 11.0 Å². The van der Waals surface area contributed by atoms with Gasteiger partial charge in [-0.3, -0.25) is 9.59 Å². The van der Waals surface area contributed by atoms with Crippen LogP contribution in [0.3, 0.4) is 0 Å². The first-order valence-corrected chi connectivity index (χ1v) is 12.1. The highest BCUT2D eigenvalue weighted by Crippen LogP contribution is 2.33. The van der Waals surface area contributed by atoms with Gasteiger partial charge in [-0.2, -0.15) is 9.78 Å². The van der Waals surface area contributed by atoms with E-state index < -0.39 is 0 Å². The zero-order valence-corrected chi connectivity index (χ0v) is 19.2. The Morgan fingerprint density at radius 2 is 1.81 bits per heavy atom. The van der Waals surface area contributed by atoms with E-state index in [2.05, 4.69) is 10.4 Å². The molecular weight excluding hydrogens is 440 g/mol. The van der Waals surface area contributed by atoms with Crippen LogP contribution in [0.15, 0.2) is 75.0 Å². The molecule has 1 amide bonds. The Bertz CT molecular complexity index is 1400. The quantitative estimate of drug-likeness (QED) is 0.431. The third-order valence-corrected chi connectivity index (χ3v) is 7.02. The molecule has 5 rings (SSSR count). The molecule has 160 valence electrons. The summed E-state index contributed by atoms with van der Waals surface area (Å²) in [5.41, 5.74) is 4.16. The highest BCUT2D eigenvalue weighted by Gasteiger charge is 2.21. The third kappa shape index (κ3) is 3.76. The number of carbonyl (C=O) groups is 1. The van der Waals surface area contributed by atoms with Gasteiger partial charge in [0.15, 0.2) is 5.16 Å². The lowest BCUT2D eigenvalue weighted by Gasteiger charge is -2.16. The number of carbonyl (C=O) groups excluding carboxylic acids is 1. The van der Waals surface area contributed by atoms with Gasteiger partial charge in [0.1, 0.15) is 4.83 Å². The van der Waals surface area contributed by atoms with Crippen molar-refractivity contribution < 1.29 is 4.79 Å². The molecule has 0 saturated heterocycles. The van der Waals surface area contributed by atoms with Gasteiger partial charge in [0, 0.05) is 28.3 Å². The van der Waals surface area contributed by atoms with E-state index in [0.29, 0.717) is 16.3 Å². The molecule has 1 aliphatic rings. The first-order valence-electron chi connectivity index (χ1n) is 10.2. The summed E-state index contributed by atoms with van der Waals surface area (Å²) < 4.78 is 1.42. The van der Waals surface area contributed by atoms with Crippen LogP contribution in [0, 0.1) is 5.92 Å². The molecule has 0 fully saturated rings. The maximum Gasteiger partial charge on any atom is 0.284 e. The molecule has 1 aliphatic heterocycles. The summed E-state index contributed by atoms with van der Waals surface area (Å²) in [6.07, 6.45) is 0. The van der Waals surface area contributed by atoms with Gasteiger partial charge in [0.25, 0.3) is 5.56 Å². The van der Waals surface area contributed by atoms with E-state index in [-0.39, 0.29) is 17.4 Å². The lowest BCUT2D eigenvalue weighted by Crippen LogP contribution is -2.25. The molecule has 1 N–H and O–H groups in total. The Morgan fingerprint density at radius 3 is 2.53 bits per heavy atom. The molecular formula is C24H20N4O2S2. The van der Waals surface area contributed by atoms with Crippen LogP contribution < -0.4 is 10.9 Å². The van der Waals surface area contributed by atoms with Crippen LogP contribution in [0.25, 0.3) is 21.3 Å². The Balaban J connectivity index is 1.53. The molecule has 4 aromatic rings. The smallest absolute Gasteiger partial charge is 0.284 e. The normalized spacial score (nSPS) is 13.2. The van der Waals surface area contributed by atoms with E-state index in [1.807, 2.05) is 73.8 Å². The van der Waals surface area contributed by atoms with Crippen molar-refractivity contribution in [2.75, 3.05) is 11.1 Å². The van der Waals surface area contributed by atoms with E-state index >= 15 is 0 Å². The monoisotopic (exact) mass is 460 g/mol. The van der Waals surface area contributed by atoms with E-state index in [0.717, 1.165) is 32.9 Å². The number of hydrogen-bond acceptors (Lipinski definition) is 6. The van der Waals surface area contributed by atoms with E-state index in [1.165, 1.54) is 27.8 Å². The second-order valence-electron chi connectivity index (χ2n) is 7.76. The summed E-state index contributed by atoms with van der Waals surface area (Å²) in [5.74, 6) is 0.510. The zero-order valence-electron chi connectivity index (χ0n) is 17.5. The number of nitrogens with one attached hydrogen (secondary N) is 1. The molecule has 2 aromatic carbocycles. The summed E-state index contributed by atoms with van der Waals surface area (Å²) in [7, 11) is 0. The minimum Gasteiger partial charge on any atom is -0.326 e. The van der Waals surface area contributed by atoms with Crippen molar-refractivity contribution in [3.63, 3.8) is 0 Å². The van der Waals surface area contributed by atoms with Crippen LogP contribution in [-0.2, 0) is 4.79 Å². The maximum absolute atomic E-state index is 13.4. The van der Waals surface area contributed by atoms with Crippen molar-refractivity contribution in [1.82, 2.24) is 9.66 Å². The van der Waals surface area contributed by atoms with Gasteiger partial charge >= 0.3 is 0 Å². The van der Waals surface area contributed by atoms with Crippen LogP contribution in [0.1, 0.15) is 19.4 Å². The Morgan fingerprint density at radius 1 is 1.06 bits per heavy atom. The molecule has 8 heteroatoms. The SMILES string of the molecule is CC(C)C(=O)Nc1ccc(C2=Nn3c(nc4scc(-c5ccccc5)c4c3=O)SC2)cc1. The van der Waals surface area contributed by atoms with Crippen molar-refractivity contribution in [3.05, 3.63) is 75.9 Å². The minimum atomic E-state index is -0.157. The van der Waals surface area contributed by atoms with Crippen LogP contribution in [0.4, 0.5) is 5.69 Å². The fraction of sp³-hybridized carbons (Fsp3) is 0.167. The fourth-order valence-electron chi connectivity index (χ4n) is 3.43. The number of fused-ring (bicyclic) bond motifs is 2. The van der Waals surface area contributed by atoms with Crippen molar-refractivity contribution in [2.45, 2.75) is 19.0 Å². The largest absolute Gasteiger partial charge is 0.326 e. The number of thioether (sulfide) groups is 1. The molecule has 0 spiro atoms. The molecule has 0 radical (unpaired) electrons. The second-order valence-corrected chi connectivity index (χ2v) is 9.56. The van der Waals surface area contributed by atoms with Crippen molar-refractivity contribution >= 4 is 50.6 Å². The average Bonchev–Trinajstić information content (AvgIpc) is 3.24. The number of amides is 1. The van der Waals surface area contributed by atoms with Crippen LogP contribution in [-0.4, -0.2) is 27.0 Å². The number of hydrogen-bond donors (Lipinski definition) is 1. The van der Waals surface area contributed by atoms with Crippen LogP contribution >= 0.6 is 23.1 Å². The Kier molecular flexibility index (Phi) is 5.40. The molecule has 0 atom stereocenters. The summed E-state index contributed by atoms with van der Waals surface area (Å²) in [6, 6.07) is 17.4. The molecule has 32 heavy (non-hydrogen) atoms. The average molecular weight is 461 g/mol. The first kappa shape index (κ1) is 20.7. The highest BCUT2D eigenvalue weighted by atomic mass is 32.2. The molecule has 0 bridgehead atoms. The molecule has 6 nitrogen and oxygen atoms in total. The van der Waals surface area contributed by atoms with Gasteiger partial charge in [-0.05, 0) is 23.3 Å². The lowest BCUT2D eigenvalue weighted by atomic mass is 10.1.